The Balaban J connectivity index is 1.84. The van der Waals surface area contributed by atoms with Gasteiger partial charge in [-0.1, -0.05) is 11.3 Å². The average Bonchev–Trinajstić information content (AvgIpc) is 2.95. The second-order valence-corrected chi connectivity index (χ2v) is 6.51. The van der Waals surface area contributed by atoms with Gasteiger partial charge in [0, 0.05) is 29.2 Å². The van der Waals surface area contributed by atoms with Crippen LogP contribution in [0.15, 0.2) is 42.7 Å². The number of pyridine rings is 1. The first kappa shape index (κ1) is 16.8. The monoisotopic (exact) mass is 352 g/mol. The van der Waals surface area contributed by atoms with Gasteiger partial charge >= 0.3 is 0 Å². The zero-order valence-electron chi connectivity index (χ0n) is 13.7. The summed E-state index contributed by atoms with van der Waals surface area (Å²) in [4.78, 5) is 32.6. The molecule has 0 amide bonds. The fourth-order valence-corrected chi connectivity index (χ4v) is 3.14. The summed E-state index contributed by atoms with van der Waals surface area (Å²) < 4.78 is 0. The topological polar surface area (TPSA) is 98.0 Å². The summed E-state index contributed by atoms with van der Waals surface area (Å²) in [5.41, 5.74) is 8.66. The zero-order chi connectivity index (χ0) is 18.0. The van der Waals surface area contributed by atoms with Crippen LogP contribution in [-0.4, -0.2) is 21.5 Å². The molecule has 0 saturated carbocycles. The molecule has 0 radical (unpaired) electrons. The van der Waals surface area contributed by atoms with Gasteiger partial charge in [0.1, 0.15) is 10.7 Å². The van der Waals surface area contributed by atoms with Crippen molar-refractivity contribution in [2.75, 3.05) is 11.1 Å². The minimum absolute atomic E-state index is 0.00441. The number of aryl methyl sites for hydroxylation is 1. The maximum atomic E-state index is 12.7. The molecule has 0 bridgehead atoms. The van der Waals surface area contributed by atoms with Gasteiger partial charge in [0.25, 0.3) is 0 Å². The third-order valence-corrected chi connectivity index (χ3v) is 4.67. The van der Waals surface area contributed by atoms with Crippen LogP contribution in [-0.2, 0) is 0 Å². The van der Waals surface area contributed by atoms with E-state index in [-0.39, 0.29) is 17.4 Å². The first-order chi connectivity index (χ1) is 12.0. The van der Waals surface area contributed by atoms with Crippen molar-refractivity contribution in [3.63, 3.8) is 0 Å². The van der Waals surface area contributed by atoms with Gasteiger partial charge in [-0.15, -0.1) is 0 Å². The Labute approximate surface area is 148 Å². The molecule has 3 N–H and O–H groups in total. The van der Waals surface area contributed by atoms with Crippen LogP contribution in [0.3, 0.4) is 0 Å². The number of carbonyl (C=O) groups excluding carboxylic acids is 2. The molecule has 7 heteroatoms. The van der Waals surface area contributed by atoms with E-state index in [2.05, 4.69) is 15.3 Å². The van der Waals surface area contributed by atoms with E-state index in [1.54, 1.807) is 36.5 Å². The number of nitrogens with one attached hydrogen (secondary N) is 1. The number of nitrogens with zero attached hydrogens (tertiary/aromatic N) is 2. The lowest BCUT2D eigenvalue weighted by Crippen LogP contribution is -2.05. The lowest BCUT2D eigenvalue weighted by molar-refractivity contribution is 0.101. The Hall–Kier alpha value is -3.06. The van der Waals surface area contributed by atoms with E-state index in [0.29, 0.717) is 21.1 Å². The largest absolute Gasteiger partial charge is 0.382 e. The molecule has 0 aliphatic rings. The maximum absolute atomic E-state index is 12.7. The van der Waals surface area contributed by atoms with E-state index in [0.717, 1.165) is 11.3 Å². The van der Waals surface area contributed by atoms with Gasteiger partial charge in [-0.2, -0.15) is 0 Å². The van der Waals surface area contributed by atoms with Crippen molar-refractivity contribution >= 4 is 39.5 Å². The summed E-state index contributed by atoms with van der Waals surface area (Å²) in [6, 6.07) is 8.79. The van der Waals surface area contributed by atoms with Gasteiger partial charge in [-0.25, -0.2) is 4.98 Å². The maximum Gasteiger partial charge on any atom is 0.208 e. The number of benzene rings is 1. The quantitative estimate of drug-likeness (QED) is 0.681. The summed E-state index contributed by atoms with van der Waals surface area (Å²) in [7, 11) is 0. The molecule has 0 spiro atoms. The number of aromatic nitrogens is 2. The molecule has 2 aromatic heterocycles. The zero-order valence-corrected chi connectivity index (χ0v) is 14.6. The standard InChI is InChI=1S/C18H16N4O2S/c1-10-7-8-20-9-14(10)15(24)16-17(19)22-18(25-16)21-13-5-3-12(4-6-13)11(2)23/h3-9H,19H2,1-2H3,(H,21,22). The Morgan fingerprint density at radius 1 is 1.16 bits per heavy atom. The van der Waals surface area contributed by atoms with Crippen LogP contribution in [0.2, 0.25) is 0 Å². The van der Waals surface area contributed by atoms with E-state index in [1.807, 2.05) is 6.92 Å². The molecule has 6 nitrogen and oxygen atoms in total. The van der Waals surface area contributed by atoms with Crippen molar-refractivity contribution in [2.45, 2.75) is 13.8 Å². The summed E-state index contributed by atoms with van der Waals surface area (Å²) in [6.45, 7) is 3.37. The molecule has 2 heterocycles. The first-order valence-electron chi connectivity index (χ1n) is 7.55. The Morgan fingerprint density at radius 2 is 1.88 bits per heavy atom. The summed E-state index contributed by atoms with van der Waals surface area (Å²) in [6.07, 6.45) is 3.17. The average molecular weight is 352 g/mol. The highest BCUT2D eigenvalue weighted by molar-refractivity contribution is 7.18. The van der Waals surface area contributed by atoms with E-state index in [1.165, 1.54) is 24.5 Å². The van der Waals surface area contributed by atoms with Crippen molar-refractivity contribution in [2.24, 2.45) is 0 Å². The molecule has 0 fully saturated rings. The normalized spacial score (nSPS) is 10.5. The van der Waals surface area contributed by atoms with Crippen molar-refractivity contribution in [3.8, 4) is 0 Å². The molecule has 0 aliphatic heterocycles. The minimum Gasteiger partial charge on any atom is -0.382 e. The van der Waals surface area contributed by atoms with Crippen LogP contribution < -0.4 is 11.1 Å². The fraction of sp³-hybridized carbons (Fsp3) is 0.111. The van der Waals surface area contributed by atoms with E-state index in [4.69, 9.17) is 5.73 Å². The molecule has 126 valence electrons. The highest BCUT2D eigenvalue weighted by atomic mass is 32.1. The van der Waals surface area contributed by atoms with Crippen LogP contribution in [0.25, 0.3) is 0 Å². The molecule has 0 unspecified atom stereocenters. The van der Waals surface area contributed by atoms with Gasteiger partial charge in [-0.3, -0.25) is 14.6 Å². The van der Waals surface area contributed by atoms with Gasteiger partial charge in [0.05, 0.1) is 0 Å². The third-order valence-electron chi connectivity index (χ3n) is 3.69. The molecule has 0 atom stereocenters. The highest BCUT2D eigenvalue weighted by Gasteiger charge is 2.19. The van der Waals surface area contributed by atoms with E-state index in [9.17, 15) is 9.59 Å². The lowest BCUT2D eigenvalue weighted by atomic mass is 10.1. The van der Waals surface area contributed by atoms with Gasteiger partial charge in [0.15, 0.2) is 10.9 Å². The third kappa shape index (κ3) is 3.56. The number of hydrogen-bond donors (Lipinski definition) is 2. The van der Waals surface area contributed by atoms with Crippen LogP contribution in [0, 0.1) is 6.92 Å². The number of carbonyl (C=O) groups is 2. The summed E-state index contributed by atoms with van der Waals surface area (Å²) in [5.74, 6) is -0.00791. The Kier molecular flexibility index (Phi) is 4.58. The molecule has 25 heavy (non-hydrogen) atoms. The number of nitrogen functional groups attached to an aromatic ring is 1. The molecule has 3 rings (SSSR count). The lowest BCUT2D eigenvalue weighted by Gasteiger charge is -2.03. The fourth-order valence-electron chi connectivity index (χ4n) is 2.28. The van der Waals surface area contributed by atoms with E-state index < -0.39 is 0 Å². The number of nitrogens with two attached hydrogens (primary N) is 1. The minimum atomic E-state index is -0.194. The predicted octanol–water partition coefficient (Wildman–Crippen LogP) is 3.61. The van der Waals surface area contributed by atoms with Gasteiger partial charge < -0.3 is 11.1 Å². The molecule has 0 saturated heterocycles. The SMILES string of the molecule is CC(=O)c1ccc(Nc2nc(N)c(C(=O)c3cnccc3C)s2)cc1. The number of ketones is 2. The van der Waals surface area contributed by atoms with Crippen molar-refractivity contribution in [3.05, 3.63) is 64.3 Å². The number of Topliss-reactive ketones (excluding diaryl/α,β-unsaturated/α-hetero) is 1. The summed E-state index contributed by atoms with van der Waals surface area (Å²) >= 11 is 1.19. The van der Waals surface area contributed by atoms with Crippen LogP contribution in [0.5, 0.6) is 0 Å². The second kappa shape index (κ2) is 6.82. The van der Waals surface area contributed by atoms with Gasteiger partial charge in [-0.05, 0) is 49.7 Å². The first-order valence-corrected chi connectivity index (χ1v) is 8.37. The Morgan fingerprint density at radius 3 is 2.52 bits per heavy atom. The van der Waals surface area contributed by atoms with Crippen LogP contribution in [0.1, 0.15) is 38.1 Å². The number of rotatable bonds is 5. The molecule has 1 aromatic carbocycles. The van der Waals surface area contributed by atoms with Crippen molar-refractivity contribution in [1.82, 2.24) is 9.97 Å². The summed E-state index contributed by atoms with van der Waals surface area (Å²) in [5, 5.41) is 3.61. The molecule has 0 aliphatic carbocycles. The molecule has 3 aromatic rings. The number of anilines is 3. The highest BCUT2D eigenvalue weighted by Crippen LogP contribution is 2.30. The Bertz CT molecular complexity index is 948. The molecular formula is C18H16N4O2S. The molecular weight excluding hydrogens is 336 g/mol. The van der Waals surface area contributed by atoms with Crippen LogP contribution >= 0.6 is 11.3 Å². The van der Waals surface area contributed by atoms with E-state index >= 15 is 0 Å². The van der Waals surface area contributed by atoms with Crippen LogP contribution in [0.4, 0.5) is 16.6 Å². The number of hydrogen-bond acceptors (Lipinski definition) is 7. The van der Waals surface area contributed by atoms with Crippen molar-refractivity contribution < 1.29 is 9.59 Å². The second-order valence-electron chi connectivity index (χ2n) is 5.51. The van der Waals surface area contributed by atoms with Gasteiger partial charge in [0.2, 0.25) is 5.78 Å². The smallest absolute Gasteiger partial charge is 0.208 e. The predicted molar refractivity (Wildman–Crippen MR) is 98.7 cm³/mol. The number of thiazole rings is 1. The van der Waals surface area contributed by atoms with Crippen molar-refractivity contribution in [1.29, 1.82) is 0 Å².